The van der Waals surface area contributed by atoms with Gasteiger partial charge in [-0.1, -0.05) is 6.07 Å². The highest BCUT2D eigenvalue weighted by Crippen LogP contribution is 2.09. The molecule has 1 amide bonds. The molecule has 4 heterocycles. The molecule has 134 valence electrons. The van der Waals surface area contributed by atoms with Gasteiger partial charge in [-0.15, -0.1) is 0 Å². The van der Waals surface area contributed by atoms with Crippen molar-refractivity contribution in [2.75, 3.05) is 44.2 Å². The van der Waals surface area contributed by atoms with Gasteiger partial charge in [0.15, 0.2) is 0 Å². The van der Waals surface area contributed by atoms with E-state index in [4.69, 9.17) is 0 Å². The highest BCUT2D eigenvalue weighted by Gasteiger charge is 2.18. The lowest BCUT2D eigenvalue weighted by Crippen LogP contribution is -2.49. The molecule has 0 atom stereocenters. The van der Waals surface area contributed by atoms with Crippen molar-refractivity contribution in [1.82, 2.24) is 29.8 Å². The third kappa shape index (κ3) is 3.50. The van der Waals surface area contributed by atoms with Crippen LogP contribution in [0.25, 0.3) is 5.52 Å². The Kier molecular flexibility index (Phi) is 4.74. The second-order valence-electron chi connectivity index (χ2n) is 6.21. The van der Waals surface area contributed by atoms with E-state index in [2.05, 4.69) is 30.2 Å². The van der Waals surface area contributed by atoms with Gasteiger partial charge in [0.05, 0.1) is 11.7 Å². The zero-order chi connectivity index (χ0) is 17.8. The summed E-state index contributed by atoms with van der Waals surface area (Å²) in [5.41, 5.74) is 1.47. The molecule has 1 aliphatic rings. The van der Waals surface area contributed by atoms with Crippen LogP contribution in [-0.4, -0.2) is 69.7 Å². The van der Waals surface area contributed by atoms with Crippen LogP contribution in [0.3, 0.4) is 0 Å². The molecule has 0 radical (unpaired) electrons. The summed E-state index contributed by atoms with van der Waals surface area (Å²) >= 11 is 0. The largest absolute Gasteiger partial charge is 0.349 e. The van der Waals surface area contributed by atoms with Gasteiger partial charge in [-0.05, 0) is 24.3 Å². The Bertz CT molecular complexity index is 871. The minimum Gasteiger partial charge on any atom is -0.349 e. The van der Waals surface area contributed by atoms with E-state index in [1.165, 1.54) is 0 Å². The fourth-order valence-corrected chi connectivity index (χ4v) is 3.17. The summed E-state index contributed by atoms with van der Waals surface area (Å²) in [6.45, 7) is 5.09. The number of carbonyl (C=O) groups excluding carboxylic acids is 1. The molecule has 0 aliphatic carbocycles. The third-order valence-electron chi connectivity index (χ3n) is 4.57. The molecular weight excluding hydrogens is 330 g/mol. The number of piperazine rings is 1. The molecule has 1 fully saturated rings. The van der Waals surface area contributed by atoms with Crippen LogP contribution in [0.4, 0.5) is 5.95 Å². The molecule has 1 aliphatic heterocycles. The number of rotatable bonds is 5. The molecule has 26 heavy (non-hydrogen) atoms. The summed E-state index contributed by atoms with van der Waals surface area (Å²) in [5, 5.41) is 7.19. The van der Waals surface area contributed by atoms with Crippen LogP contribution in [0, 0.1) is 0 Å². The van der Waals surface area contributed by atoms with E-state index >= 15 is 0 Å². The van der Waals surface area contributed by atoms with E-state index in [0.29, 0.717) is 12.2 Å². The molecule has 0 bridgehead atoms. The molecule has 1 saturated heterocycles. The maximum Gasteiger partial charge on any atom is 0.270 e. The van der Waals surface area contributed by atoms with Crippen molar-refractivity contribution in [1.29, 1.82) is 0 Å². The average Bonchev–Trinajstić information content (AvgIpc) is 3.18. The third-order valence-corrected chi connectivity index (χ3v) is 4.57. The average molecular weight is 351 g/mol. The molecule has 4 rings (SSSR count). The van der Waals surface area contributed by atoms with Gasteiger partial charge in [0.1, 0.15) is 5.69 Å². The van der Waals surface area contributed by atoms with E-state index in [1.54, 1.807) is 29.2 Å². The first-order valence-electron chi connectivity index (χ1n) is 8.76. The highest BCUT2D eigenvalue weighted by atomic mass is 16.2. The molecule has 8 heteroatoms. The molecule has 0 saturated carbocycles. The van der Waals surface area contributed by atoms with Crippen LogP contribution in [0.5, 0.6) is 0 Å². The summed E-state index contributed by atoms with van der Waals surface area (Å²) in [5.74, 6) is 0.684. The van der Waals surface area contributed by atoms with E-state index in [9.17, 15) is 4.79 Å². The Hall–Kier alpha value is -3.00. The van der Waals surface area contributed by atoms with Crippen molar-refractivity contribution >= 4 is 17.4 Å². The van der Waals surface area contributed by atoms with Crippen molar-refractivity contribution in [3.05, 3.63) is 54.6 Å². The van der Waals surface area contributed by atoms with Gasteiger partial charge in [-0.25, -0.2) is 14.5 Å². The van der Waals surface area contributed by atoms with Crippen molar-refractivity contribution in [3.8, 4) is 0 Å². The highest BCUT2D eigenvalue weighted by molar-refractivity contribution is 5.93. The standard InChI is InChI=1S/C18H21N7O/c26-17(16-4-1-3-15-5-8-22-25(15)16)19-9-10-23-11-13-24(14-12-23)18-20-6-2-7-21-18/h1-8H,9-14H2,(H,19,26). The van der Waals surface area contributed by atoms with Gasteiger partial charge < -0.3 is 10.2 Å². The van der Waals surface area contributed by atoms with Crippen molar-refractivity contribution in [2.45, 2.75) is 0 Å². The van der Waals surface area contributed by atoms with Gasteiger partial charge in [-0.2, -0.15) is 5.10 Å². The zero-order valence-electron chi connectivity index (χ0n) is 14.5. The van der Waals surface area contributed by atoms with Gasteiger partial charge in [0.2, 0.25) is 5.95 Å². The second kappa shape index (κ2) is 7.49. The Balaban J connectivity index is 1.25. The number of anilines is 1. The van der Waals surface area contributed by atoms with Gasteiger partial charge in [0, 0.05) is 51.7 Å². The number of amides is 1. The molecule has 0 spiro atoms. The normalized spacial score (nSPS) is 15.3. The van der Waals surface area contributed by atoms with Crippen LogP contribution in [0.2, 0.25) is 0 Å². The van der Waals surface area contributed by atoms with Crippen LogP contribution in [0.1, 0.15) is 10.5 Å². The van der Waals surface area contributed by atoms with Crippen LogP contribution < -0.4 is 10.2 Å². The lowest BCUT2D eigenvalue weighted by atomic mass is 10.3. The quantitative estimate of drug-likeness (QED) is 0.728. The Labute approximate surface area is 151 Å². The number of aromatic nitrogens is 4. The Morgan fingerprint density at radius 1 is 1.00 bits per heavy atom. The van der Waals surface area contributed by atoms with Gasteiger partial charge >= 0.3 is 0 Å². The first-order valence-corrected chi connectivity index (χ1v) is 8.76. The van der Waals surface area contributed by atoms with Crippen molar-refractivity contribution < 1.29 is 4.79 Å². The maximum atomic E-state index is 12.4. The minimum absolute atomic E-state index is 0.101. The van der Waals surface area contributed by atoms with Crippen molar-refractivity contribution in [3.63, 3.8) is 0 Å². The summed E-state index contributed by atoms with van der Waals surface area (Å²) < 4.78 is 1.66. The second-order valence-corrected chi connectivity index (χ2v) is 6.21. The molecule has 0 unspecified atom stereocenters. The van der Waals surface area contributed by atoms with E-state index in [-0.39, 0.29) is 5.91 Å². The van der Waals surface area contributed by atoms with Gasteiger partial charge in [-0.3, -0.25) is 9.69 Å². The lowest BCUT2D eigenvalue weighted by molar-refractivity contribution is 0.0940. The molecule has 3 aromatic heterocycles. The number of hydrogen-bond acceptors (Lipinski definition) is 6. The Morgan fingerprint density at radius 2 is 1.81 bits per heavy atom. The van der Waals surface area contributed by atoms with Gasteiger partial charge in [0.25, 0.3) is 5.91 Å². The molecular formula is C18H21N7O. The predicted molar refractivity (Wildman–Crippen MR) is 98.2 cm³/mol. The lowest BCUT2D eigenvalue weighted by Gasteiger charge is -2.34. The van der Waals surface area contributed by atoms with E-state index in [0.717, 1.165) is 44.2 Å². The first kappa shape index (κ1) is 16.5. The fourth-order valence-electron chi connectivity index (χ4n) is 3.17. The molecule has 8 nitrogen and oxygen atoms in total. The molecule has 0 aromatic carbocycles. The molecule has 3 aromatic rings. The predicted octanol–water partition coefficient (Wildman–Crippen LogP) is 0.676. The fraction of sp³-hybridized carbons (Fsp3) is 0.333. The van der Waals surface area contributed by atoms with Crippen molar-refractivity contribution in [2.24, 2.45) is 0 Å². The molecule has 1 N–H and O–H groups in total. The van der Waals surface area contributed by atoms with E-state index in [1.807, 2.05) is 24.3 Å². The first-order chi connectivity index (χ1) is 12.8. The van der Waals surface area contributed by atoms with E-state index < -0.39 is 0 Å². The minimum atomic E-state index is -0.101. The number of nitrogens with one attached hydrogen (secondary N) is 1. The summed E-state index contributed by atoms with van der Waals surface area (Å²) in [4.78, 5) is 25.5. The number of carbonyl (C=O) groups is 1. The number of hydrogen-bond donors (Lipinski definition) is 1. The SMILES string of the molecule is O=C(NCCN1CCN(c2ncccn2)CC1)c1cccc2ccnn12. The number of fused-ring (bicyclic) bond motifs is 1. The van der Waals surface area contributed by atoms with Crippen LogP contribution in [0.15, 0.2) is 48.9 Å². The summed E-state index contributed by atoms with van der Waals surface area (Å²) in [6, 6.07) is 9.30. The van der Waals surface area contributed by atoms with Crippen LogP contribution in [-0.2, 0) is 0 Å². The zero-order valence-corrected chi connectivity index (χ0v) is 14.5. The topological polar surface area (TPSA) is 78.7 Å². The van der Waals surface area contributed by atoms with Crippen LogP contribution >= 0.6 is 0 Å². The summed E-state index contributed by atoms with van der Waals surface area (Å²) in [6.07, 6.45) is 5.23. The smallest absolute Gasteiger partial charge is 0.270 e. The maximum absolute atomic E-state index is 12.4. The number of nitrogens with zero attached hydrogens (tertiary/aromatic N) is 6. The monoisotopic (exact) mass is 351 g/mol. The Morgan fingerprint density at radius 3 is 2.62 bits per heavy atom. The number of pyridine rings is 1. The summed E-state index contributed by atoms with van der Waals surface area (Å²) in [7, 11) is 0.